The number of hydrogen-bond donors (Lipinski definition) is 1. The lowest BCUT2D eigenvalue weighted by atomic mass is 9.79. The number of nitrogens with zero attached hydrogens (tertiary/aromatic N) is 3. The van der Waals surface area contributed by atoms with E-state index in [1.165, 1.54) is 6.07 Å². The molecule has 1 N–H and O–H groups in total. The molecule has 138 valence electrons. The van der Waals surface area contributed by atoms with Crippen LogP contribution in [0.1, 0.15) is 38.3 Å². The van der Waals surface area contributed by atoms with E-state index in [2.05, 4.69) is 22.1 Å². The number of aromatic nitrogens is 1. The maximum absolute atomic E-state index is 14.2. The molecule has 0 spiro atoms. The zero-order valence-electron chi connectivity index (χ0n) is 15.3. The predicted octanol–water partition coefficient (Wildman–Crippen LogP) is 4.71. The molecule has 1 aromatic carbocycles. The highest BCUT2D eigenvalue weighted by molar-refractivity contribution is 5.94. The van der Waals surface area contributed by atoms with E-state index in [-0.39, 0.29) is 29.7 Å². The van der Waals surface area contributed by atoms with Crippen LogP contribution in [0.4, 0.5) is 21.6 Å². The Morgan fingerprint density at radius 2 is 2.15 bits per heavy atom. The number of nitrogens with one attached hydrogen (secondary N) is 1. The number of halogens is 1. The largest absolute Gasteiger partial charge is 0.360 e. The molecule has 0 unspecified atom stereocenters. The van der Waals surface area contributed by atoms with E-state index in [4.69, 9.17) is 6.57 Å². The minimum atomic E-state index is -0.412. The molecule has 6 heteroatoms. The Balaban J connectivity index is 1.84. The molecule has 1 aliphatic carbocycles. The highest BCUT2D eigenvalue weighted by Crippen LogP contribution is 2.50. The molecular formula is C21H21FN4O. The second kappa shape index (κ2) is 6.66. The van der Waals surface area contributed by atoms with Crippen LogP contribution < -0.4 is 10.2 Å². The lowest BCUT2D eigenvalue weighted by Crippen LogP contribution is -2.51. The SMILES string of the molecule is [C-]#[N+]c1ccc2c(c1)[C@H](Nc1ncccc1F)[C@@H](C)[C@H](C1CC1)N2C(C)=O. The topological polar surface area (TPSA) is 49.6 Å². The maximum Gasteiger partial charge on any atom is 0.224 e. The first-order chi connectivity index (χ1) is 13.0. The Kier molecular flexibility index (Phi) is 4.31. The summed E-state index contributed by atoms with van der Waals surface area (Å²) in [6.45, 7) is 11.0. The fourth-order valence-corrected chi connectivity index (χ4v) is 4.26. The van der Waals surface area contributed by atoms with Gasteiger partial charge in [0.05, 0.1) is 12.6 Å². The third-order valence-electron chi connectivity index (χ3n) is 5.59. The van der Waals surface area contributed by atoms with Gasteiger partial charge in [0.15, 0.2) is 17.3 Å². The summed E-state index contributed by atoms with van der Waals surface area (Å²) in [7, 11) is 0. The fourth-order valence-electron chi connectivity index (χ4n) is 4.26. The van der Waals surface area contributed by atoms with E-state index in [0.717, 1.165) is 24.1 Å². The smallest absolute Gasteiger partial charge is 0.224 e. The second-order valence-corrected chi connectivity index (χ2v) is 7.39. The van der Waals surface area contributed by atoms with Crippen molar-refractivity contribution in [2.45, 2.75) is 38.8 Å². The highest BCUT2D eigenvalue weighted by Gasteiger charge is 2.47. The molecule has 2 aliphatic rings. The van der Waals surface area contributed by atoms with Crippen molar-refractivity contribution >= 4 is 23.1 Å². The summed E-state index contributed by atoms with van der Waals surface area (Å²) in [5.74, 6) is 0.286. The molecule has 1 fully saturated rings. The summed E-state index contributed by atoms with van der Waals surface area (Å²) in [4.78, 5) is 22.0. The first-order valence-corrected chi connectivity index (χ1v) is 9.19. The Labute approximate surface area is 158 Å². The van der Waals surface area contributed by atoms with Crippen LogP contribution in [0, 0.1) is 24.2 Å². The standard InChI is InChI=1S/C21H21FN4O/c1-12-19(25-21-17(22)5-4-10-24-21)16-11-15(23-3)8-9-18(16)26(13(2)27)20(12)14-6-7-14/h4-5,8-12,14,19-20H,6-7H2,1-2H3,(H,24,25)/t12-,19-,20-/m1/s1. The van der Waals surface area contributed by atoms with Gasteiger partial charge in [-0.2, -0.15) is 0 Å². The van der Waals surface area contributed by atoms with E-state index in [1.807, 2.05) is 11.0 Å². The highest BCUT2D eigenvalue weighted by atomic mass is 19.1. The van der Waals surface area contributed by atoms with Crippen molar-refractivity contribution in [2.75, 3.05) is 10.2 Å². The lowest BCUT2D eigenvalue weighted by Gasteiger charge is -2.46. The quantitative estimate of drug-likeness (QED) is 0.803. The van der Waals surface area contributed by atoms with Gasteiger partial charge in [0, 0.05) is 30.8 Å². The molecule has 0 saturated heterocycles. The Hall–Kier alpha value is -2.94. The van der Waals surface area contributed by atoms with Crippen molar-refractivity contribution in [3.05, 3.63) is 59.3 Å². The molecule has 0 bridgehead atoms. The molecule has 1 amide bonds. The van der Waals surface area contributed by atoms with Crippen LogP contribution in [0.5, 0.6) is 0 Å². The normalized spacial score (nSPS) is 24.1. The molecule has 1 saturated carbocycles. The molecular weight excluding hydrogens is 343 g/mol. The summed E-state index contributed by atoms with van der Waals surface area (Å²) < 4.78 is 14.2. The first-order valence-electron chi connectivity index (χ1n) is 9.19. The number of amides is 1. The van der Waals surface area contributed by atoms with Crippen molar-refractivity contribution < 1.29 is 9.18 Å². The van der Waals surface area contributed by atoms with Crippen molar-refractivity contribution in [1.82, 2.24) is 4.98 Å². The second-order valence-electron chi connectivity index (χ2n) is 7.39. The average Bonchev–Trinajstić information content (AvgIpc) is 3.49. The van der Waals surface area contributed by atoms with E-state index in [9.17, 15) is 9.18 Å². The molecule has 5 nitrogen and oxygen atoms in total. The number of hydrogen-bond acceptors (Lipinski definition) is 3. The zero-order valence-corrected chi connectivity index (χ0v) is 15.3. The lowest BCUT2D eigenvalue weighted by molar-refractivity contribution is -0.117. The van der Waals surface area contributed by atoms with Crippen LogP contribution >= 0.6 is 0 Å². The number of anilines is 2. The van der Waals surface area contributed by atoms with Crippen molar-refractivity contribution in [2.24, 2.45) is 11.8 Å². The van der Waals surface area contributed by atoms with Crippen LogP contribution in [-0.2, 0) is 4.79 Å². The van der Waals surface area contributed by atoms with Crippen LogP contribution in [0.3, 0.4) is 0 Å². The summed E-state index contributed by atoms with van der Waals surface area (Å²) >= 11 is 0. The zero-order chi connectivity index (χ0) is 19.1. The molecule has 27 heavy (non-hydrogen) atoms. The van der Waals surface area contributed by atoms with Gasteiger partial charge in [-0.3, -0.25) is 4.79 Å². The molecule has 2 heterocycles. The third-order valence-corrected chi connectivity index (χ3v) is 5.59. The van der Waals surface area contributed by atoms with Gasteiger partial charge in [-0.05, 0) is 48.6 Å². The monoisotopic (exact) mass is 364 g/mol. The van der Waals surface area contributed by atoms with E-state index >= 15 is 0 Å². The molecule has 2 aromatic rings. The van der Waals surface area contributed by atoms with Gasteiger partial charge >= 0.3 is 0 Å². The number of carbonyl (C=O) groups excluding carboxylic acids is 1. The van der Waals surface area contributed by atoms with Gasteiger partial charge in [0.2, 0.25) is 5.91 Å². The number of pyridine rings is 1. The average molecular weight is 364 g/mol. The number of benzene rings is 1. The van der Waals surface area contributed by atoms with E-state index < -0.39 is 5.82 Å². The summed E-state index contributed by atoms with van der Waals surface area (Å²) in [6.07, 6.45) is 3.74. The predicted molar refractivity (Wildman–Crippen MR) is 102 cm³/mol. The van der Waals surface area contributed by atoms with Gasteiger partial charge in [-0.1, -0.05) is 13.0 Å². The van der Waals surface area contributed by atoms with E-state index in [1.54, 1.807) is 31.3 Å². The Bertz CT molecular complexity index is 934. The minimum absolute atomic E-state index is 0.00183. The number of carbonyl (C=O) groups is 1. The van der Waals surface area contributed by atoms with Crippen LogP contribution in [0.15, 0.2) is 36.5 Å². The first kappa shape index (κ1) is 17.5. The van der Waals surface area contributed by atoms with Crippen LogP contribution in [0.2, 0.25) is 0 Å². The third kappa shape index (κ3) is 3.03. The summed E-state index contributed by atoms with van der Waals surface area (Å²) in [5.41, 5.74) is 2.15. The molecule has 3 atom stereocenters. The molecule has 1 aliphatic heterocycles. The van der Waals surface area contributed by atoms with E-state index in [0.29, 0.717) is 11.6 Å². The summed E-state index contributed by atoms with van der Waals surface area (Å²) in [5, 5.41) is 3.25. The van der Waals surface area contributed by atoms with Gasteiger partial charge in [0.1, 0.15) is 0 Å². The Morgan fingerprint density at radius 3 is 2.78 bits per heavy atom. The molecule has 0 radical (unpaired) electrons. The minimum Gasteiger partial charge on any atom is -0.360 e. The van der Waals surface area contributed by atoms with Crippen molar-refractivity contribution in [3.8, 4) is 0 Å². The van der Waals surface area contributed by atoms with Crippen LogP contribution in [-0.4, -0.2) is 16.9 Å². The Morgan fingerprint density at radius 1 is 1.37 bits per heavy atom. The maximum atomic E-state index is 14.2. The fraction of sp³-hybridized carbons (Fsp3) is 0.381. The van der Waals surface area contributed by atoms with Gasteiger partial charge < -0.3 is 10.2 Å². The van der Waals surface area contributed by atoms with Crippen molar-refractivity contribution in [1.29, 1.82) is 0 Å². The van der Waals surface area contributed by atoms with Gasteiger partial charge in [0.25, 0.3) is 0 Å². The number of rotatable bonds is 3. The van der Waals surface area contributed by atoms with Gasteiger partial charge in [-0.25, -0.2) is 14.2 Å². The summed E-state index contributed by atoms with van der Waals surface area (Å²) in [6, 6.07) is 8.14. The van der Waals surface area contributed by atoms with Crippen LogP contribution in [0.25, 0.3) is 4.85 Å². The van der Waals surface area contributed by atoms with Gasteiger partial charge in [-0.15, -0.1) is 0 Å². The molecule has 4 rings (SSSR count). The number of fused-ring (bicyclic) bond motifs is 1. The van der Waals surface area contributed by atoms with Crippen molar-refractivity contribution in [3.63, 3.8) is 0 Å². The molecule has 1 aromatic heterocycles.